The molecule has 20 heavy (non-hydrogen) atoms. The van der Waals surface area contributed by atoms with Gasteiger partial charge in [0.1, 0.15) is 0 Å². The lowest BCUT2D eigenvalue weighted by atomic mass is 10.0. The molecule has 0 aliphatic carbocycles. The van der Waals surface area contributed by atoms with Crippen molar-refractivity contribution in [2.45, 2.75) is 26.8 Å². The molecule has 0 saturated carbocycles. The van der Waals surface area contributed by atoms with Crippen LogP contribution in [0.2, 0.25) is 0 Å². The summed E-state index contributed by atoms with van der Waals surface area (Å²) in [6, 6.07) is 3.49. The molecule has 0 unspecified atom stereocenters. The van der Waals surface area contributed by atoms with E-state index in [0.29, 0.717) is 28.6 Å². The minimum atomic E-state index is -1.03. The van der Waals surface area contributed by atoms with Crippen LogP contribution in [0.4, 0.5) is 0 Å². The molecule has 5 heteroatoms. The number of benzene rings is 1. The summed E-state index contributed by atoms with van der Waals surface area (Å²) in [5, 5.41) is 19.2. The van der Waals surface area contributed by atoms with Gasteiger partial charge in [-0.1, -0.05) is 6.92 Å². The molecule has 1 aromatic heterocycles. The van der Waals surface area contributed by atoms with Gasteiger partial charge in [-0.2, -0.15) is 0 Å². The number of carbonyl (C=O) groups is 2. The summed E-state index contributed by atoms with van der Waals surface area (Å²) in [6.45, 7) is 3.85. The van der Waals surface area contributed by atoms with E-state index in [9.17, 15) is 14.7 Å². The molecule has 2 N–H and O–H groups in total. The number of aldehydes is 1. The molecule has 0 radical (unpaired) electrons. The zero-order valence-corrected chi connectivity index (χ0v) is 11.5. The summed E-state index contributed by atoms with van der Waals surface area (Å²) in [5.41, 5.74) is 2.72. The molecular weight excluding hydrogens is 258 g/mol. The summed E-state index contributed by atoms with van der Waals surface area (Å²) in [5.74, 6) is -1.03. The molecule has 5 nitrogen and oxygen atoms in total. The average Bonchev–Trinajstić information content (AvgIpc) is 2.70. The molecule has 1 aromatic carbocycles. The Hall–Kier alpha value is -2.14. The van der Waals surface area contributed by atoms with E-state index in [0.717, 1.165) is 11.8 Å². The molecule has 2 aromatic rings. The maximum Gasteiger partial charge on any atom is 0.337 e. The number of carboxylic acid groups (broad SMARTS) is 1. The number of aryl methyl sites for hydroxylation is 1. The predicted molar refractivity (Wildman–Crippen MR) is 75.5 cm³/mol. The largest absolute Gasteiger partial charge is 0.478 e. The zero-order valence-electron chi connectivity index (χ0n) is 11.5. The Bertz CT molecular complexity index is 685. The average molecular weight is 275 g/mol. The summed E-state index contributed by atoms with van der Waals surface area (Å²) < 4.78 is 1.70. The molecular formula is C15H17NO4. The van der Waals surface area contributed by atoms with Crippen LogP contribution in [0, 0.1) is 6.92 Å². The van der Waals surface area contributed by atoms with Crippen molar-refractivity contribution < 1.29 is 19.8 Å². The van der Waals surface area contributed by atoms with Crippen LogP contribution in [-0.2, 0) is 13.0 Å². The minimum absolute atomic E-state index is 0.114. The SMILES string of the molecule is CCc1cc(C(=O)O)c2c(c1)c(C=O)c(C)n2CCO. The van der Waals surface area contributed by atoms with Crippen LogP contribution in [0.1, 0.15) is 38.9 Å². The summed E-state index contributed by atoms with van der Waals surface area (Å²) in [7, 11) is 0. The zero-order chi connectivity index (χ0) is 14.9. The fraction of sp³-hybridized carbons (Fsp3) is 0.333. The van der Waals surface area contributed by atoms with Crippen molar-refractivity contribution in [2.75, 3.05) is 6.61 Å². The molecule has 0 amide bonds. The van der Waals surface area contributed by atoms with Gasteiger partial charge in [0.15, 0.2) is 6.29 Å². The van der Waals surface area contributed by atoms with Gasteiger partial charge >= 0.3 is 5.97 Å². The van der Waals surface area contributed by atoms with E-state index >= 15 is 0 Å². The number of carboxylic acids is 1. The van der Waals surface area contributed by atoms with Gasteiger partial charge in [0.2, 0.25) is 0 Å². The van der Waals surface area contributed by atoms with Crippen molar-refractivity contribution in [3.63, 3.8) is 0 Å². The first-order valence-electron chi connectivity index (χ1n) is 6.50. The third-order valence-corrected chi connectivity index (χ3v) is 3.60. The van der Waals surface area contributed by atoms with Crippen molar-refractivity contribution in [3.05, 3.63) is 34.5 Å². The van der Waals surface area contributed by atoms with Gasteiger partial charge in [0.05, 0.1) is 17.7 Å². The summed E-state index contributed by atoms with van der Waals surface area (Å²) in [6.07, 6.45) is 1.44. The molecule has 1 heterocycles. The number of hydrogen-bond donors (Lipinski definition) is 2. The van der Waals surface area contributed by atoms with Gasteiger partial charge in [-0.25, -0.2) is 4.79 Å². The van der Waals surface area contributed by atoms with E-state index < -0.39 is 5.97 Å². The number of aliphatic hydroxyl groups is 1. The van der Waals surface area contributed by atoms with E-state index in [4.69, 9.17) is 5.11 Å². The fourth-order valence-electron chi connectivity index (χ4n) is 2.59. The van der Waals surface area contributed by atoms with Crippen LogP contribution in [-0.4, -0.2) is 33.6 Å². The highest BCUT2D eigenvalue weighted by molar-refractivity contribution is 6.08. The normalized spacial score (nSPS) is 10.9. The Morgan fingerprint density at radius 3 is 2.60 bits per heavy atom. The van der Waals surface area contributed by atoms with E-state index in [2.05, 4.69) is 0 Å². The van der Waals surface area contributed by atoms with Crippen LogP contribution in [0.3, 0.4) is 0 Å². The molecule has 106 valence electrons. The molecule has 2 rings (SSSR count). The number of hydrogen-bond acceptors (Lipinski definition) is 3. The molecule has 0 aliphatic rings. The smallest absolute Gasteiger partial charge is 0.337 e. The minimum Gasteiger partial charge on any atom is -0.478 e. The second-order valence-corrected chi connectivity index (χ2v) is 4.69. The number of aromatic nitrogens is 1. The highest BCUT2D eigenvalue weighted by Crippen LogP contribution is 2.29. The Morgan fingerprint density at radius 2 is 2.10 bits per heavy atom. The van der Waals surface area contributed by atoms with Crippen molar-refractivity contribution in [1.82, 2.24) is 4.57 Å². The molecule has 0 atom stereocenters. The molecule has 0 fully saturated rings. The summed E-state index contributed by atoms with van der Waals surface area (Å²) in [4.78, 5) is 22.8. The van der Waals surface area contributed by atoms with E-state index in [1.54, 1.807) is 17.6 Å². The van der Waals surface area contributed by atoms with Crippen molar-refractivity contribution in [3.8, 4) is 0 Å². The van der Waals surface area contributed by atoms with Crippen molar-refractivity contribution in [1.29, 1.82) is 0 Å². The Morgan fingerprint density at radius 1 is 1.40 bits per heavy atom. The van der Waals surface area contributed by atoms with Gasteiger partial charge in [-0.3, -0.25) is 4.79 Å². The topological polar surface area (TPSA) is 79.5 Å². The summed E-state index contributed by atoms with van der Waals surface area (Å²) >= 11 is 0. The Kier molecular flexibility index (Phi) is 3.90. The maximum atomic E-state index is 11.5. The lowest BCUT2D eigenvalue weighted by Crippen LogP contribution is -2.08. The molecule has 0 spiro atoms. The number of nitrogens with zero attached hydrogens (tertiary/aromatic N) is 1. The van der Waals surface area contributed by atoms with Gasteiger partial charge in [-0.05, 0) is 31.0 Å². The van der Waals surface area contributed by atoms with Gasteiger partial charge in [0.25, 0.3) is 0 Å². The molecule has 0 bridgehead atoms. The first kappa shape index (κ1) is 14.3. The van der Waals surface area contributed by atoms with Gasteiger partial charge in [-0.15, -0.1) is 0 Å². The van der Waals surface area contributed by atoms with Crippen molar-refractivity contribution in [2.24, 2.45) is 0 Å². The maximum absolute atomic E-state index is 11.5. The quantitative estimate of drug-likeness (QED) is 0.818. The first-order valence-corrected chi connectivity index (χ1v) is 6.50. The van der Waals surface area contributed by atoms with Crippen LogP contribution < -0.4 is 0 Å². The van der Waals surface area contributed by atoms with E-state index in [-0.39, 0.29) is 18.7 Å². The lowest BCUT2D eigenvalue weighted by Gasteiger charge is -2.09. The van der Waals surface area contributed by atoms with Crippen LogP contribution in [0.25, 0.3) is 10.9 Å². The van der Waals surface area contributed by atoms with Crippen LogP contribution in [0.15, 0.2) is 12.1 Å². The Labute approximate surface area is 116 Å². The second kappa shape index (κ2) is 5.46. The van der Waals surface area contributed by atoms with Gasteiger partial charge in [0, 0.05) is 23.2 Å². The van der Waals surface area contributed by atoms with E-state index in [1.165, 1.54) is 0 Å². The lowest BCUT2D eigenvalue weighted by molar-refractivity contribution is 0.0698. The highest BCUT2D eigenvalue weighted by Gasteiger charge is 2.20. The van der Waals surface area contributed by atoms with Crippen LogP contribution in [0.5, 0.6) is 0 Å². The standard InChI is InChI=1S/C15H17NO4/c1-3-10-6-11-13(8-18)9(2)16(4-5-17)14(11)12(7-10)15(19)20/h6-8,17H,3-5H2,1-2H3,(H,19,20). The Balaban J connectivity index is 2.95. The van der Waals surface area contributed by atoms with Gasteiger partial charge < -0.3 is 14.8 Å². The number of rotatable bonds is 5. The van der Waals surface area contributed by atoms with E-state index in [1.807, 2.05) is 13.0 Å². The number of fused-ring (bicyclic) bond motifs is 1. The van der Waals surface area contributed by atoms with Crippen molar-refractivity contribution >= 4 is 23.2 Å². The number of aliphatic hydroxyl groups excluding tert-OH is 1. The third kappa shape index (κ3) is 2.10. The van der Waals surface area contributed by atoms with Crippen LogP contribution >= 0.6 is 0 Å². The third-order valence-electron chi connectivity index (χ3n) is 3.60. The fourth-order valence-corrected chi connectivity index (χ4v) is 2.59. The second-order valence-electron chi connectivity index (χ2n) is 4.69. The highest BCUT2D eigenvalue weighted by atomic mass is 16.4. The number of carbonyl (C=O) groups excluding carboxylic acids is 1. The number of aromatic carboxylic acids is 1. The molecule has 0 aliphatic heterocycles. The molecule has 0 saturated heterocycles. The monoisotopic (exact) mass is 275 g/mol. The first-order chi connectivity index (χ1) is 9.54. The predicted octanol–water partition coefficient (Wildman–Crippen LogP) is 2.02.